The maximum Gasteiger partial charge on any atom is 0.408 e. The second kappa shape index (κ2) is 6.41. The molecule has 1 amide bonds. The van der Waals surface area contributed by atoms with Gasteiger partial charge in [-0.1, -0.05) is 6.08 Å². The zero-order valence-electron chi connectivity index (χ0n) is 11.6. The quantitative estimate of drug-likeness (QED) is 0.664. The molecule has 1 N–H and O–H groups in total. The monoisotopic (exact) mass is 258 g/mol. The lowest BCUT2D eigenvalue weighted by Crippen LogP contribution is -2.35. The van der Waals surface area contributed by atoms with Crippen molar-refractivity contribution in [2.24, 2.45) is 0 Å². The van der Waals surface area contributed by atoms with Crippen LogP contribution in [0.3, 0.4) is 0 Å². The van der Waals surface area contributed by atoms with E-state index in [2.05, 4.69) is 16.9 Å². The molecule has 0 saturated heterocycles. The van der Waals surface area contributed by atoms with E-state index in [1.54, 1.807) is 18.3 Å². The molecule has 0 aromatic carbocycles. The van der Waals surface area contributed by atoms with Gasteiger partial charge in [0.25, 0.3) is 0 Å². The van der Waals surface area contributed by atoms with Gasteiger partial charge in [0.15, 0.2) is 0 Å². The van der Waals surface area contributed by atoms with Gasteiger partial charge >= 0.3 is 6.09 Å². The van der Waals surface area contributed by atoms with Gasteiger partial charge in [-0.15, -0.1) is 6.58 Å². The topological polar surface area (TPSA) is 51.2 Å². The van der Waals surface area contributed by atoms with Crippen LogP contribution in [0, 0.1) is 0 Å². The van der Waals surface area contributed by atoms with Crippen LogP contribution in [-0.2, 0) is 4.74 Å². The first-order valence-corrected chi connectivity index (χ1v) is 6.13. The fourth-order valence-electron chi connectivity index (χ4n) is 1.58. The Kier molecular flexibility index (Phi) is 5.15. The zero-order chi connectivity index (χ0) is 14.5. The second-order valence-corrected chi connectivity index (χ2v) is 5.24. The minimum Gasteiger partial charge on any atom is -0.444 e. The molecule has 0 saturated carbocycles. The van der Waals surface area contributed by atoms with Gasteiger partial charge in [0.1, 0.15) is 13.4 Å². The molecule has 0 aliphatic rings. The number of carbonyl (C=O) groups is 1. The molecule has 0 aliphatic heterocycles. The SMILES string of the molecule is [B]c1cc([C@H](CC=C)NC(=O)OC(C)(C)C)ccn1. The molecule has 19 heavy (non-hydrogen) atoms. The molecule has 100 valence electrons. The molecule has 0 spiro atoms. The van der Waals surface area contributed by atoms with Crippen LogP contribution in [0.1, 0.15) is 38.8 Å². The number of carbonyl (C=O) groups excluding carboxylic acids is 1. The van der Waals surface area contributed by atoms with Crippen LogP contribution >= 0.6 is 0 Å². The van der Waals surface area contributed by atoms with Gasteiger partial charge in [-0.2, -0.15) is 0 Å². The van der Waals surface area contributed by atoms with Crippen molar-refractivity contribution in [2.45, 2.75) is 38.8 Å². The number of amides is 1. The summed E-state index contributed by atoms with van der Waals surface area (Å²) in [6.07, 6.45) is 3.47. The van der Waals surface area contributed by atoms with Gasteiger partial charge < -0.3 is 10.1 Å². The molecule has 0 unspecified atom stereocenters. The lowest BCUT2D eigenvalue weighted by Gasteiger charge is -2.23. The smallest absolute Gasteiger partial charge is 0.408 e. The average molecular weight is 258 g/mol. The van der Waals surface area contributed by atoms with Crippen LogP contribution in [-0.4, -0.2) is 24.5 Å². The summed E-state index contributed by atoms with van der Waals surface area (Å²) in [4.78, 5) is 15.7. The van der Waals surface area contributed by atoms with E-state index in [1.807, 2.05) is 26.8 Å². The van der Waals surface area contributed by atoms with Crippen LogP contribution in [0.15, 0.2) is 31.0 Å². The molecule has 1 rings (SSSR count). The van der Waals surface area contributed by atoms with Crippen molar-refractivity contribution in [3.63, 3.8) is 0 Å². The number of nitrogens with zero attached hydrogens (tertiary/aromatic N) is 1. The first kappa shape index (κ1) is 15.3. The Hall–Kier alpha value is -1.78. The van der Waals surface area contributed by atoms with Crippen LogP contribution in [0.25, 0.3) is 0 Å². The molecular weight excluding hydrogens is 239 g/mol. The minimum atomic E-state index is -0.528. The van der Waals surface area contributed by atoms with Gasteiger partial charge in [-0.25, -0.2) is 4.79 Å². The van der Waals surface area contributed by atoms with Crippen molar-refractivity contribution in [3.05, 3.63) is 36.5 Å². The number of aromatic nitrogens is 1. The van der Waals surface area contributed by atoms with E-state index in [4.69, 9.17) is 12.6 Å². The highest BCUT2D eigenvalue weighted by Gasteiger charge is 2.19. The van der Waals surface area contributed by atoms with Crippen LogP contribution in [0.4, 0.5) is 4.79 Å². The normalized spacial score (nSPS) is 12.6. The summed E-state index contributed by atoms with van der Waals surface area (Å²) in [5.74, 6) is 0. The Bertz CT molecular complexity index is 455. The lowest BCUT2D eigenvalue weighted by molar-refractivity contribution is 0.0504. The van der Waals surface area contributed by atoms with Crippen molar-refractivity contribution < 1.29 is 9.53 Å². The number of hydrogen-bond acceptors (Lipinski definition) is 3. The number of hydrogen-bond donors (Lipinski definition) is 1. The number of alkyl carbamates (subject to hydrolysis) is 1. The number of pyridine rings is 1. The van der Waals surface area contributed by atoms with E-state index >= 15 is 0 Å². The standard InChI is InChI=1S/C14H19BN2O2/c1-5-6-11(10-7-8-16-12(15)9-10)17-13(18)19-14(2,3)4/h5,7-9,11H,1,6H2,2-4H3,(H,17,18)/t11-/m0/s1. The Morgan fingerprint density at radius 1 is 1.63 bits per heavy atom. The zero-order valence-corrected chi connectivity index (χ0v) is 11.6. The first-order valence-electron chi connectivity index (χ1n) is 6.13. The molecule has 0 fully saturated rings. The molecule has 1 heterocycles. The molecule has 4 nitrogen and oxygen atoms in total. The van der Waals surface area contributed by atoms with E-state index in [9.17, 15) is 4.79 Å². The largest absolute Gasteiger partial charge is 0.444 e. The molecule has 0 aliphatic carbocycles. The van der Waals surface area contributed by atoms with Gasteiger partial charge in [-0.05, 0) is 50.5 Å². The summed E-state index contributed by atoms with van der Waals surface area (Å²) < 4.78 is 5.24. The lowest BCUT2D eigenvalue weighted by atomic mass is 9.97. The van der Waals surface area contributed by atoms with Gasteiger partial charge in [-0.3, -0.25) is 4.98 Å². The summed E-state index contributed by atoms with van der Waals surface area (Å²) in [7, 11) is 5.64. The summed E-state index contributed by atoms with van der Waals surface area (Å²) in [5, 5.41) is 2.80. The summed E-state index contributed by atoms with van der Waals surface area (Å²) in [5.41, 5.74) is 0.760. The third-order valence-electron chi connectivity index (χ3n) is 2.30. The van der Waals surface area contributed by atoms with E-state index in [0.717, 1.165) is 5.56 Å². The van der Waals surface area contributed by atoms with E-state index in [0.29, 0.717) is 12.0 Å². The first-order chi connectivity index (χ1) is 8.81. The molecule has 1 aromatic rings. The Balaban J connectivity index is 2.78. The maximum absolute atomic E-state index is 11.8. The minimum absolute atomic E-state index is 0.224. The molecule has 1 aromatic heterocycles. The Labute approximate surface area is 115 Å². The van der Waals surface area contributed by atoms with Crippen molar-refractivity contribution in [1.82, 2.24) is 10.3 Å². The molecule has 0 bridgehead atoms. The maximum atomic E-state index is 11.8. The highest BCUT2D eigenvalue weighted by Crippen LogP contribution is 2.17. The van der Waals surface area contributed by atoms with Crippen LogP contribution in [0.2, 0.25) is 0 Å². The van der Waals surface area contributed by atoms with Gasteiger partial charge in [0, 0.05) is 6.20 Å². The summed E-state index contributed by atoms with van der Waals surface area (Å²) in [6.45, 7) is 9.15. The predicted molar refractivity (Wildman–Crippen MR) is 76.5 cm³/mol. The predicted octanol–water partition coefficient (Wildman–Crippen LogP) is 2.02. The number of ether oxygens (including phenoxy) is 1. The Morgan fingerprint density at radius 3 is 2.84 bits per heavy atom. The third-order valence-corrected chi connectivity index (χ3v) is 2.30. The molecule has 5 heteroatoms. The van der Waals surface area contributed by atoms with E-state index in [-0.39, 0.29) is 6.04 Å². The number of rotatable bonds is 4. The molecular formula is C14H19BN2O2. The van der Waals surface area contributed by atoms with E-state index < -0.39 is 11.7 Å². The highest BCUT2D eigenvalue weighted by molar-refractivity contribution is 6.30. The summed E-state index contributed by atoms with van der Waals surface area (Å²) in [6, 6.07) is 3.31. The number of nitrogens with one attached hydrogen (secondary N) is 1. The van der Waals surface area contributed by atoms with Gasteiger partial charge in [0.05, 0.1) is 6.04 Å². The van der Waals surface area contributed by atoms with Crippen molar-refractivity contribution in [1.29, 1.82) is 0 Å². The van der Waals surface area contributed by atoms with Crippen molar-refractivity contribution in [2.75, 3.05) is 0 Å². The fourth-order valence-corrected chi connectivity index (χ4v) is 1.58. The highest BCUT2D eigenvalue weighted by atomic mass is 16.6. The van der Waals surface area contributed by atoms with E-state index in [1.165, 1.54) is 0 Å². The van der Waals surface area contributed by atoms with Crippen molar-refractivity contribution >= 4 is 19.5 Å². The van der Waals surface area contributed by atoms with Gasteiger partial charge in [0.2, 0.25) is 0 Å². The molecule has 2 radical (unpaired) electrons. The fraction of sp³-hybridized carbons (Fsp3) is 0.429. The second-order valence-electron chi connectivity index (χ2n) is 5.24. The van der Waals surface area contributed by atoms with Crippen LogP contribution < -0.4 is 10.9 Å². The third kappa shape index (κ3) is 5.59. The average Bonchev–Trinajstić information content (AvgIpc) is 2.26. The van der Waals surface area contributed by atoms with Crippen LogP contribution in [0.5, 0.6) is 0 Å². The summed E-state index contributed by atoms with van der Waals surface area (Å²) >= 11 is 0. The van der Waals surface area contributed by atoms with Crippen molar-refractivity contribution in [3.8, 4) is 0 Å². The molecule has 1 atom stereocenters. The Morgan fingerprint density at radius 2 is 2.32 bits per heavy atom.